The van der Waals surface area contributed by atoms with Gasteiger partial charge in [0.15, 0.2) is 0 Å². The van der Waals surface area contributed by atoms with Gasteiger partial charge in [-0.1, -0.05) is 50.6 Å². The summed E-state index contributed by atoms with van der Waals surface area (Å²) >= 11 is 7.71. The number of nitrogens with one attached hydrogen (secondary N) is 1. The van der Waals surface area contributed by atoms with Gasteiger partial charge < -0.3 is 10.1 Å². The molecule has 2 aromatic rings. The summed E-state index contributed by atoms with van der Waals surface area (Å²) in [5.74, 6) is 0.680. The molecule has 6 heteroatoms. The average molecular weight is 325 g/mol. The molecule has 0 amide bonds. The summed E-state index contributed by atoms with van der Waals surface area (Å²) in [5, 5.41) is 10.5. The molecule has 0 spiro atoms. The number of aromatic amines is 1. The maximum absolute atomic E-state index is 12.2. The second-order valence-corrected chi connectivity index (χ2v) is 7.80. The van der Waals surface area contributed by atoms with Crippen molar-refractivity contribution in [2.75, 3.05) is 0 Å². The maximum Gasteiger partial charge on any atom is 0.262 e. The number of aromatic hydroxyl groups is 1. The van der Waals surface area contributed by atoms with Crippen LogP contribution in [0.1, 0.15) is 26.6 Å². The van der Waals surface area contributed by atoms with Crippen LogP contribution in [0.25, 0.3) is 11.1 Å². The molecule has 0 aliphatic carbocycles. The Bertz CT molecular complexity index is 708. The summed E-state index contributed by atoms with van der Waals surface area (Å²) in [4.78, 5) is 19.0. The third-order valence-corrected chi connectivity index (χ3v) is 4.35. The quantitative estimate of drug-likeness (QED) is 0.900. The first-order valence-electron chi connectivity index (χ1n) is 6.49. The van der Waals surface area contributed by atoms with Crippen molar-refractivity contribution in [2.45, 2.75) is 31.3 Å². The van der Waals surface area contributed by atoms with Gasteiger partial charge >= 0.3 is 0 Å². The minimum atomic E-state index is -0.389. The summed E-state index contributed by atoms with van der Waals surface area (Å²) in [6.07, 6.45) is 0. The second-order valence-electron chi connectivity index (χ2n) is 5.59. The molecule has 0 unspecified atom stereocenters. The molecule has 0 saturated heterocycles. The van der Waals surface area contributed by atoms with Gasteiger partial charge in [0, 0.05) is 15.3 Å². The third-order valence-electron chi connectivity index (χ3n) is 2.73. The smallest absolute Gasteiger partial charge is 0.262 e. The van der Waals surface area contributed by atoms with Crippen LogP contribution in [-0.2, 0) is 5.75 Å². The molecule has 0 bridgehead atoms. The molecule has 0 atom stereocenters. The Morgan fingerprint density at radius 2 is 2.00 bits per heavy atom. The lowest BCUT2D eigenvalue weighted by Gasteiger charge is -2.17. The molecule has 112 valence electrons. The monoisotopic (exact) mass is 324 g/mol. The Labute approximate surface area is 132 Å². The number of aromatic nitrogens is 2. The van der Waals surface area contributed by atoms with Gasteiger partial charge in [0.1, 0.15) is 11.4 Å². The Hall–Kier alpha value is -1.46. The zero-order valence-electron chi connectivity index (χ0n) is 12.1. The number of thioether (sulfide) groups is 1. The first kappa shape index (κ1) is 15.9. The Kier molecular flexibility index (Phi) is 4.64. The first-order valence-corrected chi connectivity index (χ1v) is 7.85. The molecule has 0 aliphatic heterocycles. The third kappa shape index (κ3) is 4.02. The van der Waals surface area contributed by atoms with Crippen molar-refractivity contribution in [3.8, 4) is 17.0 Å². The lowest BCUT2D eigenvalue weighted by Crippen LogP contribution is -2.15. The van der Waals surface area contributed by atoms with E-state index in [1.807, 2.05) is 0 Å². The molecule has 2 N–H and O–H groups in total. The fourth-order valence-electron chi connectivity index (χ4n) is 1.77. The van der Waals surface area contributed by atoms with Gasteiger partial charge in [-0.15, -0.1) is 11.8 Å². The SMILES string of the molecule is CC(C)(C)SCc1nc(O)c(-c2ccccc2Cl)c(=O)[nH]1. The van der Waals surface area contributed by atoms with Crippen LogP contribution in [0.15, 0.2) is 29.1 Å². The number of hydrogen-bond acceptors (Lipinski definition) is 4. The standard InChI is InChI=1S/C15H17ClN2O2S/c1-15(2,3)21-8-11-17-13(19)12(14(20)18-11)9-6-4-5-7-10(9)16/h4-7H,8H2,1-3H3,(H2,17,18,19,20). The number of hydrogen-bond donors (Lipinski definition) is 2. The van der Waals surface area contributed by atoms with Crippen LogP contribution in [0.3, 0.4) is 0 Å². The molecular formula is C15H17ClN2O2S. The van der Waals surface area contributed by atoms with Crippen LogP contribution in [0.5, 0.6) is 5.88 Å². The summed E-state index contributed by atoms with van der Waals surface area (Å²) < 4.78 is 0.0512. The van der Waals surface area contributed by atoms with Crippen molar-refractivity contribution in [3.05, 3.63) is 45.5 Å². The molecular weight excluding hydrogens is 308 g/mol. The Morgan fingerprint density at radius 3 is 2.57 bits per heavy atom. The van der Waals surface area contributed by atoms with Gasteiger partial charge in [-0.3, -0.25) is 4.79 Å². The highest BCUT2D eigenvalue weighted by Crippen LogP contribution is 2.31. The van der Waals surface area contributed by atoms with Crippen LogP contribution in [0, 0.1) is 0 Å². The molecule has 1 aromatic carbocycles. The zero-order chi connectivity index (χ0) is 15.6. The molecule has 0 fully saturated rings. The largest absolute Gasteiger partial charge is 0.493 e. The van der Waals surface area contributed by atoms with E-state index in [1.165, 1.54) is 0 Å². The fourth-order valence-corrected chi connectivity index (χ4v) is 2.70. The zero-order valence-corrected chi connectivity index (χ0v) is 13.7. The van der Waals surface area contributed by atoms with Gasteiger partial charge in [-0.2, -0.15) is 4.98 Å². The fraction of sp³-hybridized carbons (Fsp3) is 0.333. The molecule has 21 heavy (non-hydrogen) atoms. The molecule has 1 aromatic heterocycles. The average Bonchev–Trinajstić information content (AvgIpc) is 2.37. The predicted octanol–water partition coefficient (Wildman–Crippen LogP) is 3.83. The summed E-state index contributed by atoms with van der Waals surface area (Å²) in [6.45, 7) is 6.23. The molecule has 0 radical (unpaired) electrons. The van der Waals surface area contributed by atoms with Gasteiger partial charge in [0.05, 0.1) is 5.75 Å². The van der Waals surface area contributed by atoms with E-state index >= 15 is 0 Å². The predicted molar refractivity (Wildman–Crippen MR) is 88.0 cm³/mol. The van der Waals surface area contributed by atoms with E-state index in [0.717, 1.165) is 0 Å². The topological polar surface area (TPSA) is 66.0 Å². The molecule has 2 rings (SSSR count). The first-order chi connectivity index (χ1) is 9.78. The molecule has 0 saturated carbocycles. The minimum Gasteiger partial charge on any atom is -0.493 e. The highest BCUT2D eigenvalue weighted by Gasteiger charge is 2.17. The highest BCUT2D eigenvalue weighted by molar-refractivity contribution is 7.99. The van der Waals surface area contributed by atoms with E-state index in [9.17, 15) is 9.90 Å². The minimum absolute atomic E-state index is 0.0512. The molecule has 1 heterocycles. The van der Waals surface area contributed by atoms with Crippen molar-refractivity contribution >= 4 is 23.4 Å². The highest BCUT2D eigenvalue weighted by atomic mass is 35.5. The van der Waals surface area contributed by atoms with Crippen molar-refractivity contribution in [3.63, 3.8) is 0 Å². The van der Waals surface area contributed by atoms with E-state index < -0.39 is 0 Å². The van der Waals surface area contributed by atoms with Crippen LogP contribution < -0.4 is 5.56 Å². The summed E-state index contributed by atoms with van der Waals surface area (Å²) in [6, 6.07) is 6.86. The number of benzene rings is 1. The second kappa shape index (κ2) is 6.12. The summed E-state index contributed by atoms with van der Waals surface area (Å²) in [5.41, 5.74) is 0.186. The number of nitrogens with zero attached hydrogens (tertiary/aromatic N) is 1. The van der Waals surface area contributed by atoms with Crippen molar-refractivity contribution in [2.24, 2.45) is 0 Å². The van der Waals surface area contributed by atoms with Gasteiger partial charge in [-0.25, -0.2) is 0 Å². The van der Waals surface area contributed by atoms with E-state index in [-0.39, 0.29) is 21.7 Å². The Morgan fingerprint density at radius 1 is 1.33 bits per heavy atom. The lowest BCUT2D eigenvalue weighted by atomic mass is 10.1. The molecule has 0 aliphatic rings. The molecule has 4 nitrogen and oxygen atoms in total. The van der Waals surface area contributed by atoms with Crippen molar-refractivity contribution < 1.29 is 5.11 Å². The van der Waals surface area contributed by atoms with E-state index in [0.29, 0.717) is 22.2 Å². The van der Waals surface area contributed by atoms with Gasteiger partial charge in [0.25, 0.3) is 5.56 Å². The summed E-state index contributed by atoms with van der Waals surface area (Å²) in [7, 11) is 0. The van der Waals surface area contributed by atoms with Gasteiger partial charge in [0.2, 0.25) is 5.88 Å². The van der Waals surface area contributed by atoms with Crippen LogP contribution >= 0.6 is 23.4 Å². The van der Waals surface area contributed by atoms with E-state index in [4.69, 9.17) is 11.6 Å². The van der Waals surface area contributed by atoms with Crippen LogP contribution in [0.4, 0.5) is 0 Å². The number of H-pyrrole nitrogens is 1. The van der Waals surface area contributed by atoms with E-state index in [2.05, 4.69) is 30.7 Å². The normalized spacial score (nSPS) is 11.6. The maximum atomic E-state index is 12.2. The van der Waals surface area contributed by atoms with Crippen molar-refractivity contribution in [1.82, 2.24) is 9.97 Å². The number of halogens is 1. The van der Waals surface area contributed by atoms with Crippen LogP contribution in [-0.4, -0.2) is 19.8 Å². The van der Waals surface area contributed by atoms with Crippen molar-refractivity contribution in [1.29, 1.82) is 0 Å². The van der Waals surface area contributed by atoms with E-state index in [1.54, 1.807) is 36.0 Å². The van der Waals surface area contributed by atoms with Gasteiger partial charge in [-0.05, 0) is 6.07 Å². The Balaban J connectivity index is 2.39. The lowest BCUT2D eigenvalue weighted by molar-refractivity contribution is 0.451. The number of rotatable bonds is 3. The van der Waals surface area contributed by atoms with Crippen LogP contribution in [0.2, 0.25) is 5.02 Å².